The van der Waals surface area contributed by atoms with Crippen LogP contribution in [0.1, 0.15) is 17.9 Å². The standard InChI is InChI=1S/C10H11O4P/c11-9(12)6-8(10(13)14-15)7-4-2-1-3-5-7/h1-5,8H,6,15H2,(H,11,12). The highest BCUT2D eigenvalue weighted by Gasteiger charge is 2.24. The summed E-state index contributed by atoms with van der Waals surface area (Å²) in [5.41, 5.74) is 0.646. The Morgan fingerprint density at radius 3 is 2.40 bits per heavy atom. The van der Waals surface area contributed by atoms with Gasteiger partial charge in [-0.15, -0.1) is 0 Å². The lowest BCUT2D eigenvalue weighted by molar-refractivity contribution is -0.143. The third-order valence-electron chi connectivity index (χ3n) is 1.98. The molecule has 0 saturated carbocycles. The molecule has 2 unspecified atom stereocenters. The second-order valence-electron chi connectivity index (χ2n) is 3.00. The highest BCUT2D eigenvalue weighted by molar-refractivity contribution is 7.10. The molecule has 0 spiro atoms. The van der Waals surface area contributed by atoms with Gasteiger partial charge in [-0.1, -0.05) is 30.3 Å². The van der Waals surface area contributed by atoms with Crippen molar-refractivity contribution in [3.05, 3.63) is 35.9 Å². The minimum atomic E-state index is -1.03. The SMILES string of the molecule is O=C(O)CC(C(=O)OP)c1ccccc1. The Balaban J connectivity index is 2.91. The van der Waals surface area contributed by atoms with E-state index >= 15 is 0 Å². The van der Waals surface area contributed by atoms with Gasteiger partial charge in [0.05, 0.1) is 21.8 Å². The number of carbonyl (C=O) groups is 2. The van der Waals surface area contributed by atoms with Crippen molar-refractivity contribution in [1.82, 2.24) is 0 Å². The van der Waals surface area contributed by atoms with Gasteiger partial charge in [-0.05, 0) is 5.56 Å². The first-order chi connectivity index (χ1) is 7.15. The summed E-state index contributed by atoms with van der Waals surface area (Å²) in [7, 11) is 1.83. The molecule has 0 aliphatic heterocycles. The van der Waals surface area contributed by atoms with Gasteiger partial charge in [0.2, 0.25) is 0 Å². The molecule has 5 heteroatoms. The summed E-state index contributed by atoms with van der Waals surface area (Å²) >= 11 is 0. The average molecular weight is 226 g/mol. The minimum Gasteiger partial charge on any atom is -0.481 e. The zero-order valence-corrected chi connectivity index (χ0v) is 9.08. The summed E-state index contributed by atoms with van der Waals surface area (Å²) in [6.07, 6.45) is -0.267. The van der Waals surface area contributed by atoms with Crippen molar-refractivity contribution in [2.75, 3.05) is 0 Å². The van der Waals surface area contributed by atoms with Crippen LogP contribution in [0.2, 0.25) is 0 Å². The Hall–Kier alpha value is -1.41. The molecule has 80 valence electrons. The Labute approximate surface area is 89.5 Å². The number of hydrogen-bond acceptors (Lipinski definition) is 3. The first-order valence-electron chi connectivity index (χ1n) is 4.32. The molecule has 0 saturated heterocycles. The van der Waals surface area contributed by atoms with Gasteiger partial charge in [-0.3, -0.25) is 9.59 Å². The monoisotopic (exact) mass is 226 g/mol. The molecule has 1 aromatic rings. The van der Waals surface area contributed by atoms with Crippen molar-refractivity contribution in [2.24, 2.45) is 0 Å². The van der Waals surface area contributed by atoms with Crippen LogP contribution in [-0.2, 0) is 14.1 Å². The largest absolute Gasteiger partial charge is 0.481 e. The Morgan fingerprint density at radius 2 is 1.93 bits per heavy atom. The summed E-state index contributed by atoms with van der Waals surface area (Å²) in [6.45, 7) is 0. The highest BCUT2D eigenvalue weighted by atomic mass is 31.0. The second kappa shape index (κ2) is 5.47. The summed E-state index contributed by atoms with van der Waals surface area (Å²) in [4.78, 5) is 21.9. The van der Waals surface area contributed by atoms with Gasteiger partial charge < -0.3 is 9.63 Å². The molecule has 1 rings (SSSR count). The van der Waals surface area contributed by atoms with Gasteiger partial charge in [-0.25, -0.2) is 0 Å². The maximum absolute atomic E-state index is 11.3. The molecule has 0 bridgehead atoms. The lowest BCUT2D eigenvalue weighted by atomic mass is 9.96. The highest BCUT2D eigenvalue weighted by Crippen LogP contribution is 2.21. The molecular weight excluding hydrogens is 215 g/mol. The average Bonchev–Trinajstić information content (AvgIpc) is 2.26. The second-order valence-corrected chi connectivity index (χ2v) is 3.23. The molecule has 4 nitrogen and oxygen atoms in total. The molecule has 0 aliphatic carbocycles. The molecule has 1 aromatic carbocycles. The van der Waals surface area contributed by atoms with E-state index in [9.17, 15) is 9.59 Å². The zero-order valence-electron chi connectivity index (χ0n) is 7.92. The van der Waals surface area contributed by atoms with E-state index in [0.717, 1.165) is 0 Å². The van der Waals surface area contributed by atoms with Crippen LogP contribution in [0.3, 0.4) is 0 Å². The van der Waals surface area contributed by atoms with E-state index in [0.29, 0.717) is 5.56 Å². The molecule has 2 atom stereocenters. The van der Waals surface area contributed by atoms with E-state index in [1.54, 1.807) is 30.3 Å². The van der Waals surface area contributed by atoms with E-state index in [4.69, 9.17) is 5.11 Å². The van der Waals surface area contributed by atoms with Crippen LogP contribution in [0.4, 0.5) is 0 Å². The van der Waals surface area contributed by atoms with Gasteiger partial charge in [0.25, 0.3) is 0 Å². The molecular formula is C10H11O4P. The molecule has 0 radical (unpaired) electrons. The zero-order chi connectivity index (χ0) is 11.3. The molecule has 15 heavy (non-hydrogen) atoms. The predicted molar refractivity (Wildman–Crippen MR) is 57.2 cm³/mol. The van der Waals surface area contributed by atoms with Gasteiger partial charge in [0, 0.05) is 0 Å². The Bertz CT molecular complexity index is 350. The fraction of sp³-hybridized carbons (Fsp3) is 0.200. The smallest absolute Gasteiger partial charge is 0.316 e. The topological polar surface area (TPSA) is 63.6 Å². The predicted octanol–water partition coefficient (Wildman–Crippen LogP) is 1.58. The van der Waals surface area contributed by atoms with Crippen LogP contribution in [0, 0.1) is 0 Å². The number of carbonyl (C=O) groups excluding carboxylic acids is 1. The first kappa shape index (κ1) is 11.7. The van der Waals surface area contributed by atoms with Crippen LogP contribution in [0.15, 0.2) is 30.3 Å². The number of rotatable bonds is 4. The van der Waals surface area contributed by atoms with E-state index in [1.165, 1.54) is 0 Å². The molecule has 0 heterocycles. The van der Waals surface area contributed by atoms with E-state index in [2.05, 4.69) is 4.52 Å². The summed E-state index contributed by atoms with van der Waals surface area (Å²) in [5, 5.41) is 8.68. The third kappa shape index (κ3) is 3.33. The van der Waals surface area contributed by atoms with E-state index < -0.39 is 17.9 Å². The lowest BCUT2D eigenvalue weighted by Gasteiger charge is -2.11. The molecule has 0 aliphatic rings. The van der Waals surface area contributed by atoms with Crippen LogP contribution in [0.25, 0.3) is 0 Å². The number of benzene rings is 1. The van der Waals surface area contributed by atoms with Crippen molar-refractivity contribution in [3.63, 3.8) is 0 Å². The summed E-state index contributed by atoms with van der Waals surface area (Å²) < 4.78 is 4.48. The summed E-state index contributed by atoms with van der Waals surface area (Å²) in [5.74, 6) is -2.34. The first-order valence-corrected chi connectivity index (χ1v) is 4.79. The van der Waals surface area contributed by atoms with Crippen molar-refractivity contribution in [3.8, 4) is 0 Å². The lowest BCUT2D eigenvalue weighted by Crippen LogP contribution is -2.16. The van der Waals surface area contributed by atoms with Crippen LogP contribution >= 0.6 is 9.47 Å². The van der Waals surface area contributed by atoms with Crippen molar-refractivity contribution >= 4 is 21.4 Å². The van der Waals surface area contributed by atoms with Gasteiger partial charge in [0.15, 0.2) is 0 Å². The van der Waals surface area contributed by atoms with Crippen molar-refractivity contribution in [1.29, 1.82) is 0 Å². The Morgan fingerprint density at radius 1 is 1.33 bits per heavy atom. The van der Waals surface area contributed by atoms with E-state index in [1.807, 2.05) is 9.47 Å². The maximum atomic E-state index is 11.3. The van der Waals surface area contributed by atoms with Gasteiger partial charge in [-0.2, -0.15) is 0 Å². The van der Waals surface area contributed by atoms with Crippen molar-refractivity contribution in [2.45, 2.75) is 12.3 Å². The van der Waals surface area contributed by atoms with Crippen LogP contribution < -0.4 is 0 Å². The number of aliphatic carboxylic acids is 1. The van der Waals surface area contributed by atoms with Crippen molar-refractivity contribution < 1.29 is 19.2 Å². The summed E-state index contributed by atoms with van der Waals surface area (Å²) in [6, 6.07) is 8.71. The molecule has 1 N–H and O–H groups in total. The fourth-order valence-electron chi connectivity index (χ4n) is 1.28. The normalized spacial score (nSPS) is 11.8. The number of carboxylic acid groups (broad SMARTS) is 1. The molecule has 0 fully saturated rings. The maximum Gasteiger partial charge on any atom is 0.316 e. The fourth-order valence-corrected chi connectivity index (χ4v) is 1.44. The third-order valence-corrected chi connectivity index (χ3v) is 2.21. The van der Waals surface area contributed by atoms with Gasteiger partial charge in [0.1, 0.15) is 0 Å². The van der Waals surface area contributed by atoms with E-state index in [-0.39, 0.29) is 6.42 Å². The number of carboxylic acids is 1. The number of hydrogen-bond donors (Lipinski definition) is 1. The minimum absolute atomic E-state index is 0.267. The van der Waals surface area contributed by atoms with Crippen LogP contribution in [-0.4, -0.2) is 17.0 Å². The Kier molecular flexibility index (Phi) is 4.25. The quantitative estimate of drug-likeness (QED) is 0.791. The molecule has 0 amide bonds. The molecule has 0 aromatic heterocycles. The van der Waals surface area contributed by atoms with Crippen LogP contribution in [0.5, 0.6) is 0 Å². The van der Waals surface area contributed by atoms with Gasteiger partial charge >= 0.3 is 11.9 Å².